The van der Waals surface area contributed by atoms with Crippen molar-refractivity contribution in [1.82, 2.24) is 0 Å². The monoisotopic (exact) mass is 288 g/mol. The summed E-state index contributed by atoms with van der Waals surface area (Å²) in [5.41, 5.74) is 0.641. The number of hydrogen-bond acceptors (Lipinski definition) is 4. The highest BCUT2D eigenvalue weighted by molar-refractivity contribution is 5.99. The molecule has 108 valence electrons. The van der Waals surface area contributed by atoms with E-state index < -0.39 is 11.6 Å². The van der Waals surface area contributed by atoms with Gasteiger partial charge in [0.15, 0.2) is 6.61 Å². The summed E-state index contributed by atoms with van der Waals surface area (Å²) < 4.78 is 23.5. The van der Waals surface area contributed by atoms with E-state index in [2.05, 4.69) is 0 Å². The molecule has 0 radical (unpaired) electrons. The second kappa shape index (κ2) is 6.65. The van der Waals surface area contributed by atoms with Gasteiger partial charge in [0, 0.05) is 5.56 Å². The smallest absolute Gasteiger partial charge is 0.204 e. The predicted octanol–water partition coefficient (Wildman–Crippen LogP) is 2.91. The molecule has 0 N–H and O–H groups in total. The number of rotatable bonds is 6. The van der Waals surface area contributed by atoms with E-state index >= 15 is 0 Å². The van der Waals surface area contributed by atoms with Gasteiger partial charge in [0.05, 0.1) is 12.7 Å². The molecule has 0 spiro atoms. The lowest BCUT2D eigenvalue weighted by atomic mass is 10.1. The summed E-state index contributed by atoms with van der Waals surface area (Å²) in [7, 11) is 1.41. The number of carbonyl (C=O) groups is 2. The molecule has 0 amide bonds. The van der Waals surface area contributed by atoms with E-state index in [1.54, 1.807) is 24.3 Å². The molecule has 0 aliphatic heterocycles. The summed E-state index contributed by atoms with van der Waals surface area (Å²) in [6.45, 7) is -0.250. The minimum Gasteiger partial charge on any atom is -0.496 e. The molecule has 4 nitrogen and oxygen atoms in total. The zero-order valence-electron chi connectivity index (χ0n) is 11.3. The van der Waals surface area contributed by atoms with Gasteiger partial charge >= 0.3 is 0 Å². The van der Waals surface area contributed by atoms with Gasteiger partial charge < -0.3 is 9.47 Å². The van der Waals surface area contributed by atoms with Gasteiger partial charge in [-0.3, -0.25) is 9.59 Å². The van der Waals surface area contributed by atoms with Crippen LogP contribution < -0.4 is 9.47 Å². The van der Waals surface area contributed by atoms with E-state index in [4.69, 9.17) is 9.47 Å². The summed E-state index contributed by atoms with van der Waals surface area (Å²) in [6.07, 6.45) is 0.715. The molecule has 2 rings (SSSR count). The zero-order valence-corrected chi connectivity index (χ0v) is 11.3. The Balaban J connectivity index is 2.07. The third-order valence-corrected chi connectivity index (χ3v) is 2.85. The number of halogens is 1. The van der Waals surface area contributed by atoms with Gasteiger partial charge in [0.25, 0.3) is 0 Å². The van der Waals surface area contributed by atoms with Crippen LogP contribution >= 0.6 is 0 Å². The normalized spacial score (nSPS) is 10.0. The van der Waals surface area contributed by atoms with Crippen molar-refractivity contribution in [2.75, 3.05) is 13.7 Å². The molecule has 0 unspecified atom stereocenters. The van der Waals surface area contributed by atoms with E-state index in [1.807, 2.05) is 0 Å². The maximum Gasteiger partial charge on any atom is 0.204 e. The van der Waals surface area contributed by atoms with Crippen molar-refractivity contribution >= 4 is 12.1 Å². The average molecular weight is 288 g/mol. The maximum absolute atomic E-state index is 13.2. The largest absolute Gasteiger partial charge is 0.496 e. The molecular weight excluding hydrogens is 275 g/mol. The van der Waals surface area contributed by atoms with Crippen molar-refractivity contribution < 1.29 is 23.5 Å². The second-order valence-corrected chi connectivity index (χ2v) is 4.24. The van der Waals surface area contributed by atoms with E-state index in [1.165, 1.54) is 19.2 Å². The highest BCUT2D eigenvalue weighted by atomic mass is 19.1. The fourth-order valence-corrected chi connectivity index (χ4v) is 1.77. The second-order valence-electron chi connectivity index (χ2n) is 4.24. The first-order valence-corrected chi connectivity index (χ1v) is 6.19. The van der Waals surface area contributed by atoms with Crippen molar-refractivity contribution in [1.29, 1.82) is 0 Å². The van der Waals surface area contributed by atoms with E-state index in [0.29, 0.717) is 23.3 Å². The number of carbonyl (C=O) groups excluding carboxylic acids is 2. The molecule has 2 aromatic rings. The number of ether oxygens (including phenoxy) is 2. The lowest BCUT2D eigenvalue weighted by Crippen LogP contribution is -2.13. The van der Waals surface area contributed by atoms with E-state index in [9.17, 15) is 14.0 Å². The van der Waals surface area contributed by atoms with Gasteiger partial charge in [0.1, 0.15) is 23.6 Å². The van der Waals surface area contributed by atoms with Crippen LogP contribution in [0.2, 0.25) is 0 Å². The highest BCUT2D eigenvalue weighted by Crippen LogP contribution is 2.20. The molecule has 5 heteroatoms. The van der Waals surface area contributed by atoms with Crippen LogP contribution in [0, 0.1) is 5.82 Å². The molecule has 0 fully saturated rings. The van der Waals surface area contributed by atoms with Crippen LogP contribution in [0.1, 0.15) is 20.7 Å². The number of ketones is 1. The minimum atomic E-state index is -0.519. The lowest BCUT2D eigenvalue weighted by Gasteiger charge is -2.09. The Kier molecular flexibility index (Phi) is 4.66. The van der Waals surface area contributed by atoms with Crippen LogP contribution in [-0.2, 0) is 0 Å². The minimum absolute atomic E-state index is 0.127. The predicted molar refractivity (Wildman–Crippen MR) is 74.6 cm³/mol. The molecule has 0 atom stereocenters. The molecule has 0 saturated carbocycles. The Morgan fingerprint density at radius 2 is 1.90 bits per heavy atom. The lowest BCUT2D eigenvalue weighted by molar-refractivity contribution is 0.0917. The molecule has 21 heavy (non-hydrogen) atoms. The first-order valence-electron chi connectivity index (χ1n) is 6.19. The summed E-state index contributed by atoms with van der Waals surface area (Å²) in [6, 6.07) is 10.0. The van der Waals surface area contributed by atoms with Crippen molar-refractivity contribution in [3.8, 4) is 11.5 Å². The van der Waals surface area contributed by atoms with Crippen molar-refractivity contribution in [2.24, 2.45) is 0 Å². The number of aldehydes is 1. The van der Waals surface area contributed by atoms with Crippen molar-refractivity contribution in [3.05, 3.63) is 59.4 Å². The average Bonchev–Trinajstić information content (AvgIpc) is 2.53. The fourth-order valence-electron chi connectivity index (χ4n) is 1.77. The van der Waals surface area contributed by atoms with Crippen molar-refractivity contribution in [3.63, 3.8) is 0 Å². The number of Topliss-reactive ketones (excluding diaryl/α,β-unsaturated/α-hetero) is 1. The quantitative estimate of drug-likeness (QED) is 0.606. The Labute approximate surface area is 121 Å². The van der Waals surface area contributed by atoms with Crippen LogP contribution in [0.25, 0.3) is 0 Å². The maximum atomic E-state index is 13.2. The first-order chi connectivity index (χ1) is 10.1. The first kappa shape index (κ1) is 14.7. The Bertz CT molecular complexity index is 650. The SMILES string of the molecule is COc1ccc(F)cc1C(=O)COc1ccc(C=O)cc1. The van der Waals surface area contributed by atoms with Crippen LogP contribution in [0.4, 0.5) is 4.39 Å². The Morgan fingerprint density at radius 3 is 2.52 bits per heavy atom. The highest BCUT2D eigenvalue weighted by Gasteiger charge is 2.14. The van der Waals surface area contributed by atoms with Crippen LogP contribution in [0.5, 0.6) is 11.5 Å². The third-order valence-electron chi connectivity index (χ3n) is 2.85. The van der Waals surface area contributed by atoms with Crippen molar-refractivity contribution in [2.45, 2.75) is 0 Å². The summed E-state index contributed by atoms with van der Waals surface area (Å²) >= 11 is 0. The molecule has 0 aliphatic carbocycles. The summed E-state index contributed by atoms with van der Waals surface area (Å²) in [4.78, 5) is 22.6. The summed E-state index contributed by atoms with van der Waals surface area (Å²) in [5, 5.41) is 0. The molecule has 0 aromatic heterocycles. The molecule has 0 saturated heterocycles. The topological polar surface area (TPSA) is 52.6 Å². The third kappa shape index (κ3) is 3.66. The summed E-state index contributed by atoms with van der Waals surface area (Å²) in [5.74, 6) is -0.175. The number of benzene rings is 2. The molecule has 0 heterocycles. The van der Waals surface area contributed by atoms with E-state index in [-0.39, 0.29) is 12.2 Å². The molecule has 0 bridgehead atoms. The number of hydrogen-bond donors (Lipinski definition) is 0. The van der Waals surface area contributed by atoms with Gasteiger partial charge in [-0.1, -0.05) is 0 Å². The standard InChI is InChI=1S/C16H13FO4/c1-20-16-7-4-12(17)8-14(16)15(19)10-21-13-5-2-11(9-18)3-6-13/h2-9H,10H2,1H3. The fraction of sp³-hybridized carbons (Fsp3) is 0.125. The molecular formula is C16H13FO4. The van der Waals surface area contributed by atoms with Gasteiger partial charge in [-0.15, -0.1) is 0 Å². The van der Waals surface area contributed by atoms with E-state index in [0.717, 1.165) is 6.07 Å². The van der Waals surface area contributed by atoms with Gasteiger partial charge in [0.2, 0.25) is 5.78 Å². The molecule has 0 aliphatic rings. The Hall–Kier alpha value is -2.69. The zero-order chi connectivity index (χ0) is 15.2. The Morgan fingerprint density at radius 1 is 1.19 bits per heavy atom. The van der Waals surface area contributed by atoms with Crippen LogP contribution in [-0.4, -0.2) is 25.8 Å². The van der Waals surface area contributed by atoms with Gasteiger partial charge in [-0.2, -0.15) is 0 Å². The van der Waals surface area contributed by atoms with Crippen LogP contribution in [0.3, 0.4) is 0 Å². The van der Waals surface area contributed by atoms with Gasteiger partial charge in [-0.05, 0) is 42.5 Å². The van der Waals surface area contributed by atoms with Crippen LogP contribution in [0.15, 0.2) is 42.5 Å². The van der Waals surface area contributed by atoms with Gasteiger partial charge in [-0.25, -0.2) is 4.39 Å². The molecule has 2 aromatic carbocycles. The number of methoxy groups -OCH3 is 1.